The number of benzene rings is 1. The van der Waals surface area contributed by atoms with Crippen LogP contribution in [0, 0.1) is 5.92 Å². The fraction of sp³-hybridized carbons (Fsp3) is 0.571. The number of nitrogens with two attached hydrogens (primary N) is 1. The average molecular weight is 376 g/mol. The Labute approximate surface area is 135 Å². The lowest BCUT2D eigenvalue weighted by atomic mass is 9.98. The summed E-state index contributed by atoms with van der Waals surface area (Å²) in [4.78, 5) is 2.41. The van der Waals surface area contributed by atoms with Gasteiger partial charge in [-0.3, -0.25) is 0 Å². The predicted octanol–water partition coefficient (Wildman–Crippen LogP) is 1.99. The molecule has 0 radical (unpaired) electrons. The predicted molar refractivity (Wildman–Crippen MR) is 88.6 cm³/mol. The average Bonchev–Trinajstić information content (AvgIpc) is 2.41. The van der Waals surface area contributed by atoms with Crippen LogP contribution in [-0.2, 0) is 10.0 Å². The lowest BCUT2D eigenvalue weighted by Gasteiger charge is -2.32. The van der Waals surface area contributed by atoms with Crippen LogP contribution in [0.3, 0.4) is 0 Å². The van der Waals surface area contributed by atoms with Gasteiger partial charge < -0.3 is 10.6 Å². The van der Waals surface area contributed by atoms with Crippen molar-refractivity contribution in [1.82, 2.24) is 9.21 Å². The molecule has 1 aromatic rings. The largest absolute Gasteiger partial charge is 0.399 e. The van der Waals surface area contributed by atoms with Gasteiger partial charge in [-0.1, -0.05) is 0 Å². The monoisotopic (exact) mass is 375 g/mol. The van der Waals surface area contributed by atoms with Crippen LogP contribution in [0.2, 0.25) is 0 Å². The maximum Gasteiger partial charge on any atom is 0.244 e. The van der Waals surface area contributed by atoms with Crippen LogP contribution in [0.5, 0.6) is 0 Å². The molecule has 0 aliphatic carbocycles. The Bertz CT molecular complexity index is 596. The Hall–Kier alpha value is -0.630. The molecule has 0 atom stereocenters. The van der Waals surface area contributed by atoms with Crippen molar-refractivity contribution < 1.29 is 8.42 Å². The Morgan fingerprint density at radius 1 is 1.33 bits per heavy atom. The standard InChI is InChI=1S/C14H22BrN3O2S/c1-17(2)10-11-5-7-18(8-6-11)21(19,20)14-9-12(16)3-4-13(14)15/h3-4,9,11H,5-8,10,16H2,1-2H3. The van der Waals surface area contributed by atoms with E-state index in [-0.39, 0.29) is 4.90 Å². The van der Waals surface area contributed by atoms with E-state index < -0.39 is 10.0 Å². The summed E-state index contributed by atoms with van der Waals surface area (Å²) in [5.74, 6) is 0.565. The number of anilines is 1. The fourth-order valence-electron chi connectivity index (χ4n) is 2.71. The molecule has 0 aromatic heterocycles. The first kappa shape index (κ1) is 16.7. The molecule has 7 heteroatoms. The molecule has 5 nitrogen and oxygen atoms in total. The van der Waals surface area contributed by atoms with Gasteiger partial charge in [0.05, 0.1) is 4.90 Å². The van der Waals surface area contributed by atoms with Gasteiger partial charge in [-0.05, 0) is 67.0 Å². The summed E-state index contributed by atoms with van der Waals surface area (Å²) in [6.45, 7) is 2.15. The van der Waals surface area contributed by atoms with Gasteiger partial charge in [-0.2, -0.15) is 4.31 Å². The summed E-state index contributed by atoms with van der Waals surface area (Å²) >= 11 is 3.31. The topological polar surface area (TPSA) is 66.6 Å². The van der Waals surface area contributed by atoms with Crippen molar-refractivity contribution in [2.45, 2.75) is 17.7 Å². The molecule has 1 aliphatic heterocycles. The summed E-state index contributed by atoms with van der Waals surface area (Å²) < 4.78 is 27.6. The zero-order valence-electron chi connectivity index (χ0n) is 12.4. The van der Waals surface area contributed by atoms with Crippen LogP contribution in [0.15, 0.2) is 27.6 Å². The third-order valence-corrected chi connectivity index (χ3v) is 6.66. The SMILES string of the molecule is CN(C)CC1CCN(S(=O)(=O)c2cc(N)ccc2Br)CC1. The molecule has 0 bridgehead atoms. The second-order valence-electron chi connectivity index (χ2n) is 5.80. The Morgan fingerprint density at radius 3 is 2.52 bits per heavy atom. The smallest absolute Gasteiger partial charge is 0.244 e. The summed E-state index contributed by atoms with van der Waals surface area (Å²) in [6.07, 6.45) is 1.80. The molecule has 1 aliphatic rings. The van der Waals surface area contributed by atoms with Crippen molar-refractivity contribution in [2.24, 2.45) is 5.92 Å². The molecule has 0 amide bonds. The number of hydrogen-bond acceptors (Lipinski definition) is 4. The molecule has 2 N–H and O–H groups in total. The van der Waals surface area contributed by atoms with Gasteiger partial charge in [0.25, 0.3) is 0 Å². The van der Waals surface area contributed by atoms with Gasteiger partial charge in [0.2, 0.25) is 10.0 Å². The van der Waals surface area contributed by atoms with E-state index in [0.29, 0.717) is 29.2 Å². The van der Waals surface area contributed by atoms with Crippen molar-refractivity contribution >= 4 is 31.6 Å². The Kier molecular flexibility index (Phi) is 5.29. The van der Waals surface area contributed by atoms with Crippen molar-refractivity contribution in [3.63, 3.8) is 0 Å². The molecule has 118 valence electrons. The quantitative estimate of drug-likeness (QED) is 0.817. The second-order valence-corrected chi connectivity index (χ2v) is 8.56. The van der Waals surface area contributed by atoms with Crippen molar-refractivity contribution in [1.29, 1.82) is 0 Å². The minimum atomic E-state index is -3.47. The highest BCUT2D eigenvalue weighted by molar-refractivity contribution is 9.10. The summed E-state index contributed by atoms with van der Waals surface area (Å²) in [5.41, 5.74) is 6.18. The van der Waals surface area contributed by atoms with Crippen LogP contribution in [0.25, 0.3) is 0 Å². The van der Waals surface area contributed by atoms with Gasteiger partial charge in [-0.25, -0.2) is 8.42 Å². The molecule has 1 heterocycles. The normalized spacial score (nSPS) is 18.3. The van der Waals surface area contributed by atoms with E-state index >= 15 is 0 Å². The highest BCUT2D eigenvalue weighted by Gasteiger charge is 2.30. The zero-order valence-corrected chi connectivity index (χ0v) is 14.8. The number of piperidine rings is 1. The van der Waals surface area contributed by atoms with Crippen LogP contribution in [0.1, 0.15) is 12.8 Å². The van der Waals surface area contributed by atoms with Gasteiger partial charge in [-0.15, -0.1) is 0 Å². The van der Waals surface area contributed by atoms with Crippen LogP contribution in [0.4, 0.5) is 5.69 Å². The van der Waals surface area contributed by atoms with E-state index in [1.54, 1.807) is 16.4 Å². The first-order valence-corrected chi connectivity index (χ1v) is 9.24. The Morgan fingerprint density at radius 2 is 1.95 bits per heavy atom. The maximum atomic E-state index is 12.7. The van der Waals surface area contributed by atoms with Gasteiger partial charge in [0.1, 0.15) is 0 Å². The van der Waals surface area contributed by atoms with Crippen LogP contribution in [-0.4, -0.2) is 51.4 Å². The lowest BCUT2D eigenvalue weighted by Crippen LogP contribution is -2.40. The molecule has 1 aromatic carbocycles. The molecule has 21 heavy (non-hydrogen) atoms. The van der Waals surface area contributed by atoms with Crippen molar-refractivity contribution in [2.75, 3.05) is 39.5 Å². The first-order valence-electron chi connectivity index (χ1n) is 7.00. The zero-order chi connectivity index (χ0) is 15.6. The molecular formula is C14H22BrN3O2S. The number of nitrogens with zero attached hydrogens (tertiary/aromatic N) is 2. The number of hydrogen-bond donors (Lipinski definition) is 1. The molecule has 2 rings (SSSR count). The van der Waals surface area contributed by atoms with Gasteiger partial charge in [0.15, 0.2) is 0 Å². The number of nitrogen functional groups attached to an aromatic ring is 1. The molecular weight excluding hydrogens is 354 g/mol. The van der Waals surface area contributed by atoms with Crippen LogP contribution < -0.4 is 5.73 Å². The highest BCUT2D eigenvalue weighted by atomic mass is 79.9. The summed E-state index contributed by atoms with van der Waals surface area (Å²) in [7, 11) is 0.623. The number of rotatable bonds is 4. The van der Waals surface area contributed by atoms with E-state index in [9.17, 15) is 8.42 Å². The molecule has 1 saturated heterocycles. The number of halogens is 1. The van der Waals surface area contributed by atoms with Crippen LogP contribution >= 0.6 is 15.9 Å². The Balaban J connectivity index is 2.13. The molecule has 0 spiro atoms. The minimum absolute atomic E-state index is 0.258. The third kappa shape index (κ3) is 3.97. The number of sulfonamides is 1. The van der Waals surface area contributed by atoms with Gasteiger partial charge >= 0.3 is 0 Å². The second kappa shape index (κ2) is 6.64. The van der Waals surface area contributed by atoms with E-state index in [1.807, 2.05) is 14.1 Å². The van der Waals surface area contributed by atoms with Crippen molar-refractivity contribution in [3.8, 4) is 0 Å². The maximum absolute atomic E-state index is 12.7. The summed E-state index contributed by atoms with van der Waals surface area (Å²) in [6, 6.07) is 4.89. The highest BCUT2D eigenvalue weighted by Crippen LogP contribution is 2.30. The summed E-state index contributed by atoms with van der Waals surface area (Å²) in [5, 5.41) is 0. The molecule has 0 saturated carbocycles. The minimum Gasteiger partial charge on any atom is -0.399 e. The van der Waals surface area contributed by atoms with E-state index in [0.717, 1.165) is 19.4 Å². The van der Waals surface area contributed by atoms with E-state index in [4.69, 9.17) is 5.73 Å². The van der Waals surface area contributed by atoms with Crippen molar-refractivity contribution in [3.05, 3.63) is 22.7 Å². The molecule has 1 fully saturated rings. The fourth-order valence-corrected chi connectivity index (χ4v) is 5.13. The first-order chi connectivity index (χ1) is 9.80. The lowest BCUT2D eigenvalue weighted by molar-refractivity contribution is 0.225. The van der Waals surface area contributed by atoms with E-state index in [2.05, 4.69) is 20.8 Å². The third-order valence-electron chi connectivity index (χ3n) is 3.77. The molecule has 0 unspecified atom stereocenters. The van der Waals surface area contributed by atoms with E-state index in [1.165, 1.54) is 6.07 Å². The van der Waals surface area contributed by atoms with Gasteiger partial charge in [0, 0.05) is 29.8 Å².